The first kappa shape index (κ1) is 14.5. The molecule has 0 unspecified atom stereocenters. The van der Waals surface area contributed by atoms with E-state index in [1.807, 2.05) is 0 Å². The molecule has 0 spiro atoms. The van der Waals surface area contributed by atoms with Gasteiger partial charge in [0.2, 0.25) is 5.91 Å². The molecule has 1 aliphatic carbocycles. The zero-order valence-corrected chi connectivity index (χ0v) is 11.6. The van der Waals surface area contributed by atoms with Gasteiger partial charge in [-0.3, -0.25) is 4.79 Å². The number of hydrogen-bond donors (Lipinski definition) is 2. The van der Waals surface area contributed by atoms with Crippen LogP contribution in [0, 0.1) is 0 Å². The third kappa shape index (κ3) is 3.17. The van der Waals surface area contributed by atoms with Gasteiger partial charge in [-0.2, -0.15) is 0 Å². The normalized spacial score (nSPS) is 17.3. The average molecular weight is 276 g/mol. The minimum atomic E-state index is -0.792. The lowest BCUT2D eigenvalue weighted by atomic mass is 9.82. The number of nitrogens with two attached hydrogens (primary N) is 1. The quantitative estimate of drug-likeness (QED) is 0.828. The smallest absolute Gasteiger partial charge is 0.337 e. The summed E-state index contributed by atoms with van der Waals surface area (Å²) < 4.78 is 4.66. The van der Waals surface area contributed by atoms with Crippen molar-refractivity contribution in [2.45, 2.75) is 37.6 Å². The maximum absolute atomic E-state index is 12.3. The zero-order chi connectivity index (χ0) is 14.6. The van der Waals surface area contributed by atoms with Crippen LogP contribution in [0.2, 0.25) is 0 Å². The second-order valence-corrected chi connectivity index (χ2v) is 5.24. The number of nitrogens with one attached hydrogen (secondary N) is 1. The van der Waals surface area contributed by atoms with E-state index in [0.29, 0.717) is 24.1 Å². The summed E-state index contributed by atoms with van der Waals surface area (Å²) in [4.78, 5) is 23.7. The van der Waals surface area contributed by atoms with Gasteiger partial charge in [-0.05, 0) is 31.0 Å². The molecule has 0 saturated heterocycles. The molecule has 1 fully saturated rings. The SMILES string of the molecule is COC(=O)c1cccc(NC(=O)C2(N)CCCCC2)c1. The summed E-state index contributed by atoms with van der Waals surface area (Å²) in [6.07, 6.45) is 4.49. The first-order valence-corrected chi connectivity index (χ1v) is 6.84. The Hall–Kier alpha value is -1.88. The molecule has 5 nitrogen and oxygen atoms in total. The van der Waals surface area contributed by atoms with Crippen molar-refractivity contribution in [3.05, 3.63) is 29.8 Å². The van der Waals surface area contributed by atoms with Gasteiger partial charge in [0.25, 0.3) is 0 Å². The van der Waals surface area contributed by atoms with E-state index in [2.05, 4.69) is 10.1 Å². The highest BCUT2D eigenvalue weighted by atomic mass is 16.5. The fourth-order valence-electron chi connectivity index (χ4n) is 2.51. The third-order valence-corrected chi connectivity index (χ3v) is 3.74. The van der Waals surface area contributed by atoms with Crippen molar-refractivity contribution in [3.8, 4) is 0 Å². The number of amides is 1. The topological polar surface area (TPSA) is 81.4 Å². The molecule has 0 aromatic heterocycles. The van der Waals surface area contributed by atoms with Crippen molar-refractivity contribution in [2.24, 2.45) is 5.73 Å². The Morgan fingerprint density at radius 3 is 2.60 bits per heavy atom. The van der Waals surface area contributed by atoms with Crippen LogP contribution in [0.4, 0.5) is 5.69 Å². The van der Waals surface area contributed by atoms with Crippen LogP contribution >= 0.6 is 0 Å². The Bertz CT molecular complexity index is 508. The molecule has 20 heavy (non-hydrogen) atoms. The Kier molecular flexibility index (Phi) is 4.39. The van der Waals surface area contributed by atoms with E-state index < -0.39 is 11.5 Å². The summed E-state index contributed by atoms with van der Waals surface area (Å²) in [7, 11) is 1.32. The maximum Gasteiger partial charge on any atom is 0.337 e. The molecule has 2 rings (SSSR count). The fourth-order valence-corrected chi connectivity index (χ4v) is 2.51. The Labute approximate surface area is 118 Å². The van der Waals surface area contributed by atoms with Crippen molar-refractivity contribution >= 4 is 17.6 Å². The second-order valence-electron chi connectivity index (χ2n) is 5.24. The van der Waals surface area contributed by atoms with E-state index in [1.165, 1.54) is 7.11 Å². The first-order valence-electron chi connectivity index (χ1n) is 6.84. The van der Waals surface area contributed by atoms with Gasteiger partial charge in [0.1, 0.15) is 0 Å². The number of methoxy groups -OCH3 is 1. The number of carbonyl (C=O) groups excluding carboxylic acids is 2. The van der Waals surface area contributed by atoms with E-state index in [1.54, 1.807) is 24.3 Å². The highest BCUT2D eigenvalue weighted by molar-refractivity contribution is 5.99. The van der Waals surface area contributed by atoms with Crippen molar-refractivity contribution in [3.63, 3.8) is 0 Å². The number of carbonyl (C=O) groups is 2. The summed E-state index contributed by atoms with van der Waals surface area (Å²) >= 11 is 0. The molecule has 108 valence electrons. The minimum Gasteiger partial charge on any atom is -0.465 e. The van der Waals surface area contributed by atoms with Gasteiger partial charge in [-0.1, -0.05) is 25.3 Å². The molecule has 0 bridgehead atoms. The van der Waals surface area contributed by atoms with Crippen LogP contribution in [-0.2, 0) is 9.53 Å². The summed E-state index contributed by atoms with van der Waals surface area (Å²) in [6.45, 7) is 0. The van der Waals surface area contributed by atoms with Crippen LogP contribution in [0.1, 0.15) is 42.5 Å². The molecule has 0 radical (unpaired) electrons. The molecule has 3 N–H and O–H groups in total. The Balaban J connectivity index is 2.09. The minimum absolute atomic E-state index is 0.181. The van der Waals surface area contributed by atoms with E-state index in [0.717, 1.165) is 19.3 Å². The summed E-state index contributed by atoms with van der Waals surface area (Å²) in [6, 6.07) is 6.67. The van der Waals surface area contributed by atoms with Crippen LogP contribution in [0.25, 0.3) is 0 Å². The molecule has 1 aliphatic rings. The standard InChI is InChI=1S/C15H20N2O3/c1-20-13(18)11-6-5-7-12(10-11)17-14(19)15(16)8-3-2-4-9-15/h5-7,10H,2-4,8-9,16H2,1H3,(H,17,19). The van der Waals surface area contributed by atoms with Crippen LogP contribution in [0.3, 0.4) is 0 Å². The zero-order valence-electron chi connectivity index (χ0n) is 11.6. The van der Waals surface area contributed by atoms with Gasteiger partial charge in [0.15, 0.2) is 0 Å². The van der Waals surface area contributed by atoms with Gasteiger partial charge in [-0.15, -0.1) is 0 Å². The molecular weight excluding hydrogens is 256 g/mol. The average Bonchev–Trinajstić information content (AvgIpc) is 2.47. The molecule has 0 heterocycles. The highest BCUT2D eigenvalue weighted by Gasteiger charge is 2.35. The van der Waals surface area contributed by atoms with Gasteiger partial charge >= 0.3 is 5.97 Å². The molecule has 0 aliphatic heterocycles. The lowest BCUT2D eigenvalue weighted by molar-refractivity contribution is -0.122. The predicted octanol–water partition coefficient (Wildman–Crippen LogP) is 2.07. The van der Waals surface area contributed by atoms with E-state index in [9.17, 15) is 9.59 Å². The first-order chi connectivity index (χ1) is 9.55. The fraction of sp³-hybridized carbons (Fsp3) is 0.467. The van der Waals surface area contributed by atoms with Gasteiger partial charge in [0, 0.05) is 5.69 Å². The van der Waals surface area contributed by atoms with E-state index in [4.69, 9.17) is 5.73 Å². The lowest BCUT2D eigenvalue weighted by Crippen LogP contribution is -2.52. The number of benzene rings is 1. The van der Waals surface area contributed by atoms with Crippen LogP contribution < -0.4 is 11.1 Å². The van der Waals surface area contributed by atoms with Gasteiger partial charge in [-0.25, -0.2) is 4.79 Å². The maximum atomic E-state index is 12.3. The number of hydrogen-bond acceptors (Lipinski definition) is 4. The third-order valence-electron chi connectivity index (χ3n) is 3.74. The molecule has 1 saturated carbocycles. The molecule has 1 amide bonds. The number of ether oxygens (including phenoxy) is 1. The molecular formula is C15H20N2O3. The molecule has 0 atom stereocenters. The van der Waals surface area contributed by atoms with Crippen molar-refractivity contribution < 1.29 is 14.3 Å². The van der Waals surface area contributed by atoms with E-state index >= 15 is 0 Å². The Morgan fingerprint density at radius 1 is 1.25 bits per heavy atom. The molecule has 5 heteroatoms. The summed E-state index contributed by atoms with van der Waals surface area (Å²) in [5.41, 5.74) is 6.34. The molecule has 1 aromatic carbocycles. The van der Waals surface area contributed by atoms with Crippen molar-refractivity contribution in [1.82, 2.24) is 0 Å². The van der Waals surface area contributed by atoms with E-state index in [-0.39, 0.29) is 5.91 Å². The van der Waals surface area contributed by atoms with Crippen LogP contribution in [0.15, 0.2) is 24.3 Å². The number of anilines is 1. The van der Waals surface area contributed by atoms with Crippen LogP contribution in [-0.4, -0.2) is 24.5 Å². The predicted molar refractivity (Wildman–Crippen MR) is 76.4 cm³/mol. The summed E-state index contributed by atoms with van der Waals surface area (Å²) in [5.74, 6) is -0.611. The molecule has 1 aromatic rings. The number of rotatable bonds is 3. The van der Waals surface area contributed by atoms with Crippen LogP contribution in [0.5, 0.6) is 0 Å². The second kappa shape index (κ2) is 6.05. The van der Waals surface area contributed by atoms with Gasteiger partial charge in [0.05, 0.1) is 18.2 Å². The van der Waals surface area contributed by atoms with Crippen molar-refractivity contribution in [2.75, 3.05) is 12.4 Å². The monoisotopic (exact) mass is 276 g/mol. The number of esters is 1. The largest absolute Gasteiger partial charge is 0.465 e. The highest BCUT2D eigenvalue weighted by Crippen LogP contribution is 2.27. The van der Waals surface area contributed by atoms with Crippen molar-refractivity contribution in [1.29, 1.82) is 0 Å². The Morgan fingerprint density at radius 2 is 1.95 bits per heavy atom. The summed E-state index contributed by atoms with van der Waals surface area (Å²) in [5, 5.41) is 2.80. The lowest BCUT2D eigenvalue weighted by Gasteiger charge is -2.31. The van der Waals surface area contributed by atoms with Gasteiger partial charge < -0.3 is 15.8 Å².